The number of hydrogen-bond acceptors (Lipinski definition) is 7. The van der Waals surface area contributed by atoms with Crippen molar-refractivity contribution >= 4 is 28.9 Å². The zero-order valence-corrected chi connectivity index (χ0v) is 19.4. The van der Waals surface area contributed by atoms with E-state index in [1.807, 2.05) is 57.2 Å². The first-order valence-corrected chi connectivity index (χ1v) is 11.4. The molecule has 0 bridgehead atoms. The number of rotatable bonds is 11. The van der Waals surface area contributed by atoms with Crippen LogP contribution in [0, 0.1) is 6.92 Å². The first-order chi connectivity index (χ1) is 14.9. The maximum atomic E-state index is 11.7. The summed E-state index contributed by atoms with van der Waals surface area (Å²) in [6.45, 7) is 6.20. The van der Waals surface area contributed by atoms with Crippen molar-refractivity contribution in [2.75, 3.05) is 6.61 Å². The number of benzene rings is 1. The van der Waals surface area contributed by atoms with Crippen LogP contribution >= 0.6 is 22.9 Å². The Kier molecular flexibility index (Phi) is 8.51. The lowest BCUT2D eigenvalue weighted by atomic mass is 10.1. The third-order valence-electron chi connectivity index (χ3n) is 4.71. The number of hydrogen-bond donors (Lipinski definition) is 0. The summed E-state index contributed by atoms with van der Waals surface area (Å²) in [4.78, 5) is 27.0. The second-order valence-electron chi connectivity index (χ2n) is 7.14. The molecule has 31 heavy (non-hydrogen) atoms. The van der Waals surface area contributed by atoms with Crippen LogP contribution in [-0.4, -0.2) is 23.7 Å². The van der Waals surface area contributed by atoms with Gasteiger partial charge in [0.1, 0.15) is 17.6 Å². The van der Waals surface area contributed by atoms with E-state index in [0.29, 0.717) is 29.7 Å². The van der Waals surface area contributed by atoms with Crippen molar-refractivity contribution in [3.05, 3.63) is 57.8 Å². The minimum absolute atomic E-state index is 0.0952. The fourth-order valence-corrected chi connectivity index (χ4v) is 3.67. The Balaban J connectivity index is 1.42. The fourth-order valence-electron chi connectivity index (χ4n) is 2.70. The number of ether oxygens (including phenoxy) is 1. The zero-order valence-electron chi connectivity index (χ0n) is 17.9. The van der Waals surface area contributed by atoms with Gasteiger partial charge in [0.15, 0.2) is 0 Å². The molecule has 0 radical (unpaired) electrons. The van der Waals surface area contributed by atoms with Crippen molar-refractivity contribution in [1.29, 1.82) is 0 Å². The summed E-state index contributed by atoms with van der Waals surface area (Å²) in [5.74, 6) is 1.76. The summed E-state index contributed by atoms with van der Waals surface area (Å²) in [6.07, 6.45) is 2.17. The summed E-state index contributed by atoms with van der Waals surface area (Å²) in [5, 5.41) is 0. The maximum absolute atomic E-state index is 11.7. The number of thiophene rings is 1. The van der Waals surface area contributed by atoms with Gasteiger partial charge in [0.25, 0.3) is 0 Å². The van der Waals surface area contributed by atoms with Crippen LogP contribution in [0.2, 0.25) is 4.34 Å². The molecule has 166 valence electrons. The highest BCUT2D eigenvalue weighted by atomic mass is 35.5. The molecule has 0 aliphatic rings. The molecular weight excluding hydrogens is 438 g/mol. The lowest BCUT2D eigenvalue weighted by molar-refractivity contribution is -0.294. The number of aryl methyl sites for hydroxylation is 2. The van der Waals surface area contributed by atoms with Gasteiger partial charge in [-0.05, 0) is 56.5 Å². The molecule has 0 saturated heterocycles. The number of oxazole rings is 1. The SMILES string of the molecule is CCC(C)OOC(=O)CCc1ccc(OCCc2nc(-c3ccc(Cl)s3)oc2C)cc1. The molecule has 2 aromatic heterocycles. The van der Waals surface area contributed by atoms with Gasteiger partial charge in [0.2, 0.25) is 5.89 Å². The van der Waals surface area contributed by atoms with Crippen molar-refractivity contribution in [3.63, 3.8) is 0 Å². The maximum Gasteiger partial charge on any atom is 0.342 e. The Labute approximate surface area is 191 Å². The van der Waals surface area contributed by atoms with Crippen LogP contribution in [0.3, 0.4) is 0 Å². The van der Waals surface area contributed by atoms with Crippen LogP contribution in [0.25, 0.3) is 10.8 Å². The van der Waals surface area contributed by atoms with Crippen molar-refractivity contribution in [2.24, 2.45) is 0 Å². The Hall–Kier alpha value is -2.35. The Morgan fingerprint density at radius 3 is 2.65 bits per heavy atom. The third kappa shape index (κ3) is 7.09. The van der Waals surface area contributed by atoms with E-state index < -0.39 is 0 Å². The van der Waals surface area contributed by atoms with E-state index in [2.05, 4.69) is 4.98 Å². The Morgan fingerprint density at radius 1 is 1.19 bits per heavy atom. The van der Waals surface area contributed by atoms with Crippen molar-refractivity contribution < 1.29 is 23.7 Å². The zero-order chi connectivity index (χ0) is 22.2. The van der Waals surface area contributed by atoms with E-state index in [1.54, 1.807) is 0 Å². The Bertz CT molecular complexity index is 982. The normalized spacial score (nSPS) is 12.0. The van der Waals surface area contributed by atoms with Gasteiger partial charge in [-0.15, -0.1) is 11.3 Å². The van der Waals surface area contributed by atoms with Crippen molar-refractivity contribution in [3.8, 4) is 16.5 Å². The van der Waals surface area contributed by atoms with Gasteiger partial charge in [-0.2, -0.15) is 4.89 Å². The first kappa shape index (κ1) is 23.3. The molecule has 2 heterocycles. The molecule has 0 fully saturated rings. The molecule has 1 aromatic carbocycles. The molecule has 1 unspecified atom stereocenters. The quantitative estimate of drug-likeness (QED) is 0.249. The van der Waals surface area contributed by atoms with Gasteiger partial charge in [0, 0.05) is 6.42 Å². The molecule has 0 saturated carbocycles. The molecule has 3 rings (SSSR count). The van der Waals surface area contributed by atoms with E-state index in [9.17, 15) is 4.79 Å². The first-order valence-electron chi connectivity index (χ1n) is 10.2. The number of carbonyl (C=O) groups is 1. The van der Waals surface area contributed by atoms with Crippen molar-refractivity contribution in [2.45, 2.75) is 52.6 Å². The van der Waals surface area contributed by atoms with Crippen LogP contribution in [0.15, 0.2) is 40.8 Å². The molecule has 0 amide bonds. The monoisotopic (exact) mass is 463 g/mol. The second kappa shape index (κ2) is 11.3. The van der Waals surface area contributed by atoms with Gasteiger partial charge in [-0.1, -0.05) is 30.7 Å². The minimum atomic E-state index is -0.368. The van der Waals surface area contributed by atoms with Crippen LogP contribution in [0.1, 0.15) is 43.7 Å². The molecule has 6 nitrogen and oxygen atoms in total. The van der Waals surface area contributed by atoms with Crippen LogP contribution < -0.4 is 4.74 Å². The van der Waals surface area contributed by atoms with E-state index in [0.717, 1.165) is 34.1 Å². The second-order valence-corrected chi connectivity index (χ2v) is 8.85. The van der Waals surface area contributed by atoms with Gasteiger partial charge < -0.3 is 9.15 Å². The smallest absolute Gasteiger partial charge is 0.342 e. The molecule has 0 N–H and O–H groups in total. The van der Waals surface area contributed by atoms with E-state index >= 15 is 0 Å². The van der Waals surface area contributed by atoms with Crippen LogP contribution in [-0.2, 0) is 27.4 Å². The van der Waals surface area contributed by atoms with Crippen LogP contribution in [0.5, 0.6) is 5.75 Å². The highest BCUT2D eigenvalue weighted by Crippen LogP contribution is 2.31. The summed E-state index contributed by atoms with van der Waals surface area (Å²) >= 11 is 7.42. The average molecular weight is 464 g/mol. The van der Waals surface area contributed by atoms with E-state index in [-0.39, 0.29) is 18.5 Å². The number of nitrogens with zero attached hydrogens (tertiary/aromatic N) is 1. The summed E-state index contributed by atoms with van der Waals surface area (Å²) < 4.78 is 12.3. The predicted octanol–water partition coefficient (Wildman–Crippen LogP) is 6.19. The largest absolute Gasteiger partial charge is 0.493 e. The summed E-state index contributed by atoms with van der Waals surface area (Å²) in [6, 6.07) is 11.4. The lowest BCUT2D eigenvalue weighted by Gasteiger charge is -2.09. The highest BCUT2D eigenvalue weighted by Gasteiger charge is 2.13. The number of aromatic nitrogens is 1. The summed E-state index contributed by atoms with van der Waals surface area (Å²) in [5.41, 5.74) is 1.90. The van der Waals surface area contributed by atoms with Gasteiger partial charge >= 0.3 is 5.97 Å². The van der Waals surface area contributed by atoms with Gasteiger partial charge in [0.05, 0.1) is 27.9 Å². The highest BCUT2D eigenvalue weighted by molar-refractivity contribution is 7.19. The fraction of sp³-hybridized carbons (Fsp3) is 0.391. The van der Waals surface area contributed by atoms with E-state index in [1.165, 1.54) is 11.3 Å². The average Bonchev–Trinajstić information content (AvgIpc) is 3.37. The molecular formula is C23H26ClNO5S. The Morgan fingerprint density at radius 2 is 1.97 bits per heavy atom. The standard InChI is InChI=1S/C23H26ClNO5S/c1-4-15(2)29-30-22(26)12-7-17-5-8-18(9-6-17)27-14-13-19-16(3)28-23(25-19)20-10-11-21(24)31-20/h5-6,8-11,15H,4,7,12-14H2,1-3H3. The molecule has 3 aromatic rings. The number of halogens is 1. The van der Waals surface area contributed by atoms with Crippen LogP contribution in [0.4, 0.5) is 0 Å². The molecule has 8 heteroatoms. The lowest BCUT2D eigenvalue weighted by Crippen LogP contribution is -2.13. The molecule has 0 aliphatic heterocycles. The van der Waals surface area contributed by atoms with Gasteiger partial charge in [-0.3, -0.25) is 4.89 Å². The summed E-state index contributed by atoms with van der Waals surface area (Å²) in [7, 11) is 0. The molecule has 1 atom stereocenters. The topological polar surface area (TPSA) is 70.8 Å². The molecule has 0 aliphatic carbocycles. The van der Waals surface area contributed by atoms with E-state index in [4.69, 9.17) is 30.5 Å². The van der Waals surface area contributed by atoms with Crippen molar-refractivity contribution in [1.82, 2.24) is 4.98 Å². The molecule has 0 spiro atoms. The predicted molar refractivity (Wildman–Crippen MR) is 120 cm³/mol. The van der Waals surface area contributed by atoms with Gasteiger partial charge in [-0.25, -0.2) is 9.78 Å². The minimum Gasteiger partial charge on any atom is -0.493 e. The number of carbonyl (C=O) groups excluding carboxylic acids is 1. The third-order valence-corrected chi connectivity index (χ3v) is 5.92.